The van der Waals surface area contributed by atoms with E-state index in [1.54, 1.807) is 60.7 Å². The van der Waals surface area contributed by atoms with Crippen LogP contribution in [0.15, 0.2) is 60.7 Å². The molecular weight excluding hydrogens is 418 g/mol. The average Bonchev–Trinajstić information content (AvgIpc) is 2.71. The number of carboxylic acid groups (broad SMARTS) is 1. The molecule has 0 unspecified atom stereocenters. The molecule has 3 amide bonds. The lowest BCUT2D eigenvalue weighted by molar-refractivity contribution is -0.143. The van der Waals surface area contributed by atoms with E-state index in [4.69, 9.17) is 0 Å². The second-order valence-electron chi connectivity index (χ2n) is 7.66. The number of carbonyl (C=O) groups is 4. The van der Waals surface area contributed by atoms with E-state index in [-0.39, 0.29) is 11.1 Å². The molecule has 4 N–H and O–H groups in total. The number of carboxylic acids is 1. The summed E-state index contributed by atoms with van der Waals surface area (Å²) in [6.07, 6.45) is 0. The SMILES string of the molecule is CC(NC(=O)c1ccccc1)(NC(=O)c1ccccc1)C(=O)N[C@H](C(=O)O)C(C)(C)S. The number of carbonyl (C=O) groups excluding carboxylic acids is 3. The van der Waals surface area contributed by atoms with Gasteiger partial charge in [-0.25, -0.2) is 4.79 Å². The van der Waals surface area contributed by atoms with Crippen LogP contribution in [0.2, 0.25) is 0 Å². The van der Waals surface area contributed by atoms with Gasteiger partial charge in [-0.05, 0) is 45.0 Å². The molecule has 0 spiro atoms. The highest BCUT2D eigenvalue weighted by molar-refractivity contribution is 7.81. The lowest BCUT2D eigenvalue weighted by Crippen LogP contribution is -2.69. The number of hydrogen-bond donors (Lipinski definition) is 5. The predicted octanol–water partition coefficient (Wildman–Crippen LogP) is 1.84. The molecule has 2 rings (SSSR count). The summed E-state index contributed by atoms with van der Waals surface area (Å²) in [4.78, 5) is 50.2. The highest BCUT2D eigenvalue weighted by atomic mass is 32.1. The normalized spacial score (nSPS) is 12.4. The third kappa shape index (κ3) is 6.32. The van der Waals surface area contributed by atoms with Crippen LogP contribution in [0, 0.1) is 0 Å². The third-order valence-electron chi connectivity index (χ3n) is 4.48. The Morgan fingerprint density at radius 3 is 1.52 bits per heavy atom. The molecule has 0 aliphatic rings. The van der Waals surface area contributed by atoms with Crippen molar-refractivity contribution in [3.8, 4) is 0 Å². The summed E-state index contributed by atoms with van der Waals surface area (Å²) in [5, 5.41) is 16.9. The Morgan fingerprint density at radius 2 is 1.19 bits per heavy atom. The Balaban J connectivity index is 2.36. The van der Waals surface area contributed by atoms with Crippen molar-refractivity contribution >= 4 is 36.3 Å². The molecular formula is C22H25N3O5S. The topological polar surface area (TPSA) is 125 Å². The zero-order valence-corrected chi connectivity index (χ0v) is 18.3. The molecule has 0 saturated heterocycles. The van der Waals surface area contributed by atoms with Crippen molar-refractivity contribution in [2.45, 2.75) is 37.2 Å². The van der Waals surface area contributed by atoms with Gasteiger partial charge in [-0.2, -0.15) is 12.6 Å². The minimum Gasteiger partial charge on any atom is -0.480 e. The fraction of sp³-hybridized carbons (Fsp3) is 0.273. The predicted molar refractivity (Wildman–Crippen MR) is 119 cm³/mol. The molecule has 0 saturated carbocycles. The first-order valence-electron chi connectivity index (χ1n) is 9.45. The smallest absolute Gasteiger partial charge is 0.327 e. The van der Waals surface area contributed by atoms with Crippen molar-refractivity contribution in [3.63, 3.8) is 0 Å². The summed E-state index contributed by atoms with van der Waals surface area (Å²) in [7, 11) is 0. The summed E-state index contributed by atoms with van der Waals surface area (Å²) in [6.45, 7) is 4.34. The van der Waals surface area contributed by atoms with Gasteiger partial charge in [0.15, 0.2) is 5.66 Å². The minimum absolute atomic E-state index is 0.264. The van der Waals surface area contributed by atoms with E-state index in [9.17, 15) is 24.3 Å². The van der Waals surface area contributed by atoms with Gasteiger partial charge in [0, 0.05) is 15.9 Å². The molecule has 2 aromatic rings. The number of amides is 3. The van der Waals surface area contributed by atoms with Crippen LogP contribution >= 0.6 is 12.6 Å². The largest absolute Gasteiger partial charge is 0.480 e. The standard InChI is InChI=1S/C22H25N3O5S/c1-21(2,31)16(19(28)29)23-20(30)22(3,24-17(26)14-10-6-4-7-11-14)25-18(27)15-12-8-5-9-13-15/h4-13,16,31H,1-3H3,(H,23,30)(H,24,26)(H,25,27)(H,28,29)/t16-/m1/s1. The van der Waals surface area contributed by atoms with E-state index in [0.29, 0.717) is 0 Å². The number of thiol groups is 1. The monoisotopic (exact) mass is 443 g/mol. The van der Waals surface area contributed by atoms with Gasteiger partial charge in [-0.15, -0.1) is 0 Å². The van der Waals surface area contributed by atoms with Crippen molar-refractivity contribution in [1.82, 2.24) is 16.0 Å². The molecule has 0 fully saturated rings. The van der Waals surface area contributed by atoms with Crippen LogP contribution in [0.5, 0.6) is 0 Å². The van der Waals surface area contributed by atoms with Crippen molar-refractivity contribution in [2.75, 3.05) is 0 Å². The van der Waals surface area contributed by atoms with Crippen LogP contribution in [-0.2, 0) is 9.59 Å². The van der Waals surface area contributed by atoms with E-state index in [0.717, 1.165) is 0 Å². The van der Waals surface area contributed by atoms with Crippen molar-refractivity contribution in [1.29, 1.82) is 0 Å². The van der Waals surface area contributed by atoms with Crippen molar-refractivity contribution in [3.05, 3.63) is 71.8 Å². The molecule has 0 heterocycles. The fourth-order valence-electron chi connectivity index (χ4n) is 2.74. The molecule has 2 aromatic carbocycles. The average molecular weight is 444 g/mol. The first-order chi connectivity index (χ1) is 14.4. The van der Waals surface area contributed by atoms with E-state index in [1.807, 2.05) is 0 Å². The summed E-state index contributed by atoms with van der Waals surface area (Å²) < 4.78 is -1.12. The molecule has 31 heavy (non-hydrogen) atoms. The molecule has 0 aliphatic carbocycles. The lowest BCUT2D eigenvalue weighted by Gasteiger charge is -2.34. The van der Waals surface area contributed by atoms with Crippen LogP contribution in [-0.4, -0.2) is 45.2 Å². The highest BCUT2D eigenvalue weighted by Crippen LogP contribution is 2.19. The molecule has 0 radical (unpaired) electrons. The molecule has 0 aliphatic heterocycles. The fourth-order valence-corrected chi connectivity index (χ4v) is 2.91. The van der Waals surface area contributed by atoms with Crippen LogP contribution in [0.4, 0.5) is 0 Å². The lowest BCUT2D eigenvalue weighted by atomic mass is 10.0. The second-order valence-corrected chi connectivity index (χ2v) is 8.82. The summed E-state index contributed by atoms with van der Waals surface area (Å²) in [5.41, 5.74) is -1.42. The molecule has 8 nitrogen and oxygen atoms in total. The Hall–Kier alpha value is -3.33. The number of nitrogens with one attached hydrogen (secondary N) is 3. The number of aliphatic carboxylic acids is 1. The van der Waals surface area contributed by atoms with Crippen LogP contribution < -0.4 is 16.0 Å². The minimum atomic E-state index is -1.95. The maximum Gasteiger partial charge on any atom is 0.327 e. The summed E-state index contributed by atoms with van der Waals surface area (Å²) in [6, 6.07) is 14.9. The number of rotatable bonds is 8. The molecule has 0 bridgehead atoms. The summed E-state index contributed by atoms with van der Waals surface area (Å²) >= 11 is 4.24. The zero-order chi connectivity index (χ0) is 23.2. The van der Waals surface area contributed by atoms with Gasteiger partial charge in [-0.3, -0.25) is 14.4 Å². The van der Waals surface area contributed by atoms with Gasteiger partial charge in [0.25, 0.3) is 17.7 Å². The molecule has 164 valence electrons. The quantitative estimate of drug-likeness (QED) is 0.315. The van der Waals surface area contributed by atoms with Gasteiger partial charge in [0.1, 0.15) is 6.04 Å². The number of benzene rings is 2. The summed E-state index contributed by atoms with van der Waals surface area (Å²) in [5.74, 6) is -3.46. The van der Waals surface area contributed by atoms with Crippen LogP contribution in [0.25, 0.3) is 0 Å². The van der Waals surface area contributed by atoms with Crippen molar-refractivity contribution < 1.29 is 24.3 Å². The number of hydrogen-bond acceptors (Lipinski definition) is 5. The maximum atomic E-state index is 13.1. The van der Waals surface area contributed by atoms with Gasteiger partial charge < -0.3 is 21.1 Å². The zero-order valence-electron chi connectivity index (χ0n) is 17.4. The van der Waals surface area contributed by atoms with Gasteiger partial charge in [0.2, 0.25) is 0 Å². The Morgan fingerprint density at radius 1 is 0.806 bits per heavy atom. The first kappa shape index (κ1) is 23.9. The third-order valence-corrected chi connectivity index (χ3v) is 4.74. The van der Waals surface area contributed by atoms with E-state index >= 15 is 0 Å². The molecule has 9 heteroatoms. The van der Waals surface area contributed by atoms with Crippen molar-refractivity contribution in [2.24, 2.45) is 0 Å². The van der Waals surface area contributed by atoms with E-state index in [2.05, 4.69) is 28.6 Å². The Bertz CT molecular complexity index is 905. The van der Waals surface area contributed by atoms with Crippen LogP contribution in [0.3, 0.4) is 0 Å². The van der Waals surface area contributed by atoms with Gasteiger partial charge in [0.05, 0.1) is 0 Å². The Kier molecular flexibility index (Phi) is 7.46. The van der Waals surface area contributed by atoms with Gasteiger partial charge >= 0.3 is 5.97 Å². The first-order valence-corrected chi connectivity index (χ1v) is 9.90. The second kappa shape index (κ2) is 9.65. The molecule has 0 aromatic heterocycles. The van der Waals surface area contributed by atoms with Crippen LogP contribution in [0.1, 0.15) is 41.5 Å². The highest BCUT2D eigenvalue weighted by Gasteiger charge is 2.42. The Labute approximate surface area is 185 Å². The maximum absolute atomic E-state index is 13.1. The van der Waals surface area contributed by atoms with E-state index in [1.165, 1.54) is 20.8 Å². The van der Waals surface area contributed by atoms with Gasteiger partial charge in [-0.1, -0.05) is 36.4 Å². The molecule has 1 atom stereocenters. The van der Waals surface area contributed by atoms with E-state index < -0.39 is 40.1 Å².